The van der Waals surface area contributed by atoms with E-state index in [1.165, 1.54) is 18.7 Å². The number of amides is 2. The lowest BCUT2D eigenvalue weighted by molar-refractivity contribution is -0.136. The second-order valence-corrected chi connectivity index (χ2v) is 2.73. The molecule has 0 atom stereocenters. The molecule has 0 unspecified atom stereocenters. The molecule has 0 aliphatic carbocycles. The third-order valence-electron chi connectivity index (χ3n) is 1.67. The Bertz CT molecular complexity index is 354. The van der Waals surface area contributed by atoms with Crippen LogP contribution in [0.1, 0.15) is 6.42 Å². The van der Waals surface area contributed by atoms with Gasteiger partial charge in [0.15, 0.2) is 0 Å². The van der Waals surface area contributed by atoms with E-state index < -0.39 is 12.0 Å². The third-order valence-corrected chi connectivity index (χ3v) is 1.67. The van der Waals surface area contributed by atoms with Crippen molar-refractivity contribution in [2.45, 2.75) is 6.42 Å². The van der Waals surface area contributed by atoms with Gasteiger partial charge in [0.25, 0.3) is 0 Å². The van der Waals surface area contributed by atoms with Gasteiger partial charge in [-0.1, -0.05) is 0 Å². The minimum absolute atomic E-state index is 0.00194. The standard InChI is InChI=1S/C8H10N4O3/c9-8(15)12(2-1-7(13)14)6-3-10-5-11-4-6/h3-5H,1-2H2,(H2,9,15)(H,13,14). The molecule has 1 aromatic rings. The summed E-state index contributed by atoms with van der Waals surface area (Å²) >= 11 is 0. The molecule has 1 aromatic heterocycles. The Morgan fingerprint density at radius 1 is 1.40 bits per heavy atom. The van der Waals surface area contributed by atoms with Crippen molar-refractivity contribution < 1.29 is 14.7 Å². The van der Waals surface area contributed by atoms with Gasteiger partial charge in [0.1, 0.15) is 6.33 Å². The maximum absolute atomic E-state index is 11.0. The molecule has 0 fully saturated rings. The van der Waals surface area contributed by atoms with Gasteiger partial charge in [-0.3, -0.25) is 9.69 Å². The van der Waals surface area contributed by atoms with Crippen molar-refractivity contribution in [3.05, 3.63) is 18.7 Å². The van der Waals surface area contributed by atoms with Crippen LogP contribution in [-0.4, -0.2) is 33.6 Å². The molecule has 0 saturated heterocycles. The summed E-state index contributed by atoms with van der Waals surface area (Å²) in [4.78, 5) is 29.9. The summed E-state index contributed by atoms with van der Waals surface area (Å²) in [7, 11) is 0. The fourth-order valence-electron chi connectivity index (χ4n) is 1.00. The van der Waals surface area contributed by atoms with Gasteiger partial charge in [0, 0.05) is 6.54 Å². The number of nitrogens with two attached hydrogens (primary N) is 1. The summed E-state index contributed by atoms with van der Waals surface area (Å²) < 4.78 is 0. The minimum atomic E-state index is -1.00. The molecule has 1 rings (SSSR count). The van der Waals surface area contributed by atoms with Gasteiger partial charge in [0.2, 0.25) is 0 Å². The zero-order chi connectivity index (χ0) is 11.3. The first-order valence-corrected chi connectivity index (χ1v) is 4.15. The second-order valence-electron chi connectivity index (χ2n) is 2.73. The van der Waals surface area contributed by atoms with Crippen LogP contribution in [0.15, 0.2) is 18.7 Å². The monoisotopic (exact) mass is 210 g/mol. The summed E-state index contributed by atoms with van der Waals surface area (Å²) in [6.07, 6.45) is 3.90. The molecule has 0 saturated carbocycles. The average molecular weight is 210 g/mol. The summed E-state index contributed by atoms with van der Waals surface area (Å²) in [5.74, 6) is -1.00. The average Bonchev–Trinajstić information content (AvgIpc) is 2.18. The number of carbonyl (C=O) groups is 2. The number of hydrogen-bond donors (Lipinski definition) is 2. The molecule has 80 valence electrons. The number of anilines is 1. The lowest BCUT2D eigenvalue weighted by atomic mass is 10.3. The number of rotatable bonds is 4. The molecule has 0 aliphatic heterocycles. The van der Waals surface area contributed by atoms with Crippen LogP contribution >= 0.6 is 0 Å². The number of carboxylic acids is 1. The zero-order valence-electron chi connectivity index (χ0n) is 7.83. The SMILES string of the molecule is NC(=O)N(CCC(=O)O)c1cncnc1. The van der Waals surface area contributed by atoms with Gasteiger partial charge in [-0.2, -0.15) is 0 Å². The first-order chi connectivity index (χ1) is 7.11. The lowest BCUT2D eigenvalue weighted by Gasteiger charge is -2.18. The third kappa shape index (κ3) is 3.22. The Morgan fingerprint density at radius 3 is 2.47 bits per heavy atom. The fourth-order valence-corrected chi connectivity index (χ4v) is 1.00. The molecule has 0 radical (unpaired) electrons. The predicted molar refractivity (Wildman–Crippen MR) is 51.2 cm³/mol. The quantitative estimate of drug-likeness (QED) is 0.717. The van der Waals surface area contributed by atoms with Crippen LogP contribution in [0.3, 0.4) is 0 Å². The second kappa shape index (κ2) is 4.89. The van der Waals surface area contributed by atoms with Gasteiger partial charge < -0.3 is 10.8 Å². The molecular formula is C8H10N4O3. The molecule has 2 amide bonds. The molecule has 0 bridgehead atoms. The van der Waals surface area contributed by atoms with Gasteiger partial charge >= 0.3 is 12.0 Å². The molecule has 7 heteroatoms. The lowest BCUT2D eigenvalue weighted by Crippen LogP contribution is -2.37. The van der Waals surface area contributed by atoms with Gasteiger partial charge in [-0.05, 0) is 0 Å². The Hall–Kier alpha value is -2.18. The Balaban J connectivity index is 2.75. The van der Waals surface area contributed by atoms with Gasteiger partial charge in [-0.15, -0.1) is 0 Å². The summed E-state index contributed by atoms with van der Waals surface area (Å²) in [6.45, 7) is -0.00194. The van der Waals surface area contributed by atoms with Crippen LogP contribution in [0.4, 0.5) is 10.5 Å². The van der Waals surface area contributed by atoms with Crippen molar-refractivity contribution in [1.29, 1.82) is 0 Å². The summed E-state index contributed by atoms with van der Waals surface area (Å²) in [5.41, 5.74) is 5.47. The van der Waals surface area contributed by atoms with Gasteiger partial charge in [-0.25, -0.2) is 14.8 Å². The van der Waals surface area contributed by atoms with Crippen molar-refractivity contribution in [1.82, 2.24) is 9.97 Å². The van der Waals surface area contributed by atoms with E-state index in [0.29, 0.717) is 5.69 Å². The first kappa shape index (κ1) is 10.9. The van der Waals surface area contributed by atoms with Crippen LogP contribution in [-0.2, 0) is 4.79 Å². The van der Waals surface area contributed by atoms with E-state index in [2.05, 4.69) is 9.97 Å². The minimum Gasteiger partial charge on any atom is -0.481 e. The normalized spacial score (nSPS) is 9.60. The number of primary amides is 1. The van der Waals surface area contributed by atoms with Crippen LogP contribution in [0.25, 0.3) is 0 Å². The van der Waals surface area contributed by atoms with Gasteiger partial charge in [0.05, 0.1) is 24.5 Å². The topological polar surface area (TPSA) is 109 Å². The molecule has 7 nitrogen and oxygen atoms in total. The number of hydrogen-bond acceptors (Lipinski definition) is 4. The number of urea groups is 1. The van der Waals surface area contributed by atoms with Crippen LogP contribution in [0.5, 0.6) is 0 Å². The first-order valence-electron chi connectivity index (χ1n) is 4.15. The fraction of sp³-hybridized carbons (Fsp3) is 0.250. The molecule has 0 spiro atoms. The predicted octanol–water partition coefficient (Wildman–Crippen LogP) is -0.164. The Morgan fingerprint density at radius 2 is 2.00 bits per heavy atom. The number of carboxylic acid groups (broad SMARTS) is 1. The molecule has 3 N–H and O–H groups in total. The molecule has 1 heterocycles. The van der Waals surface area contributed by atoms with E-state index in [-0.39, 0.29) is 13.0 Å². The Labute approximate surface area is 85.5 Å². The molecule has 0 aromatic carbocycles. The van der Waals surface area contributed by atoms with Crippen molar-refractivity contribution in [3.8, 4) is 0 Å². The number of nitrogens with zero attached hydrogens (tertiary/aromatic N) is 3. The summed E-state index contributed by atoms with van der Waals surface area (Å²) in [6, 6.07) is -0.731. The number of aliphatic carboxylic acids is 1. The molecular weight excluding hydrogens is 200 g/mol. The maximum Gasteiger partial charge on any atom is 0.319 e. The van der Waals surface area contributed by atoms with Crippen LogP contribution in [0.2, 0.25) is 0 Å². The molecule has 0 aliphatic rings. The highest BCUT2D eigenvalue weighted by Gasteiger charge is 2.13. The maximum atomic E-state index is 11.0. The smallest absolute Gasteiger partial charge is 0.319 e. The number of aromatic nitrogens is 2. The van der Waals surface area contributed by atoms with E-state index >= 15 is 0 Å². The highest BCUT2D eigenvalue weighted by molar-refractivity contribution is 5.90. The van der Waals surface area contributed by atoms with Crippen molar-refractivity contribution in [3.63, 3.8) is 0 Å². The van der Waals surface area contributed by atoms with E-state index in [4.69, 9.17) is 10.8 Å². The highest BCUT2D eigenvalue weighted by Crippen LogP contribution is 2.09. The Kier molecular flexibility index (Phi) is 3.55. The van der Waals surface area contributed by atoms with E-state index in [1.54, 1.807) is 0 Å². The number of carbonyl (C=O) groups excluding carboxylic acids is 1. The highest BCUT2D eigenvalue weighted by atomic mass is 16.4. The van der Waals surface area contributed by atoms with Crippen LogP contribution < -0.4 is 10.6 Å². The van der Waals surface area contributed by atoms with Crippen LogP contribution in [0, 0.1) is 0 Å². The van der Waals surface area contributed by atoms with E-state index in [9.17, 15) is 9.59 Å². The van der Waals surface area contributed by atoms with E-state index in [1.807, 2.05) is 0 Å². The largest absolute Gasteiger partial charge is 0.481 e. The van der Waals surface area contributed by atoms with E-state index in [0.717, 1.165) is 4.90 Å². The summed E-state index contributed by atoms with van der Waals surface area (Å²) in [5, 5.41) is 8.48. The zero-order valence-corrected chi connectivity index (χ0v) is 7.83. The van der Waals surface area contributed by atoms with Crippen molar-refractivity contribution >= 4 is 17.7 Å². The van der Waals surface area contributed by atoms with Crippen molar-refractivity contribution in [2.24, 2.45) is 5.73 Å². The van der Waals surface area contributed by atoms with Crippen molar-refractivity contribution in [2.75, 3.05) is 11.4 Å². The molecule has 15 heavy (non-hydrogen) atoms.